The summed E-state index contributed by atoms with van der Waals surface area (Å²) >= 11 is 2.08. The average molecular weight is 383 g/mol. The topological polar surface area (TPSA) is 36.4 Å². The standard InChI is InChI=1S/C13H25N3S.HI/c1-2-14-13(15-8-7-11-5-6-11)16-10-12-4-3-9-17-12;/h11-12H,2-10H2,1H3,(H2,14,15,16);1H. The van der Waals surface area contributed by atoms with Crippen LogP contribution < -0.4 is 10.6 Å². The molecular formula is C13H26IN3S. The van der Waals surface area contributed by atoms with E-state index < -0.39 is 0 Å². The maximum absolute atomic E-state index is 4.69. The lowest BCUT2D eigenvalue weighted by molar-refractivity contribution is 0.683. The van der Waals surface area contributed by atoms with E-state index in [-0.39, 0.29) is 24.0 Å². The van der Waals surface area contributed by atoms with Gasteiger partial charge in [0.15, 0.2) is 5.96 Å². The zero-order valence-electron chi connectivity index (χ0n) is 11.3. The molecule has 0 aromatic heterocycles. The van der Waals surface area contributed by atoms with Crippen molar-refractivity contribution in [1.29, 1.82) is 0 Å². The molecule has 2 aliphatic rings. The van der Waals surface area contributed by atoms with Crippen molar-refractivity contribution in [2.45, 2.75) is 44.3 Å². The maximum atomic E-state index is 4.69. The lowest BCUT2D eigenvalue weighted by atomic mass is 10.2. The van der Waals surface area contributed by atoms with Crippen LogP contribution in [0.3, 0.4) is 0 Å². The van der Waals surface area contributed by atoms with Gasteiger partial charge in [0.1, 0.15) is 0 Å². The minimum Gasteiger partial charge on any atom is -0.357 e. The number of hydrogen-bond donors (Lipinski definition) is 2. The molecule has 0 amide bonds. The molecule has 1 saturated heterocycles. The van der Waals surface area contributed by atoms with Gasteiger partial charge in [-0.1, -0.05) is 12.8 Å². The van der Waals surface area contributed by atoms with E-state index >= 15 is 0 Å². The van der Waals surface area contributed by atoms with Gasteiger partial charge in [0.2, 0.25) is 0 Å². The second-order valence-corrected chi connectivity index (χ2v) is 6.42. The first kappa shape index (κ1) is 16.4. The normalized spacial score (nSPS) is 23.6. The van der Waals surface area contributed by atoms with E-state index in [1.807, 2.05) is 0 Å². The molecule has 0 spiro atoms. The molecule has 1 aliphatic heterocycles. The summed E-state index contributed by atoms with van der Waals surface area (Å²) in [5, 5.41) is 7.53. The Kier molecular flexibility index (Phi) is 8.46. The van der Waals surface area contributed by atoms with Gasteiger partial charge < -0.3 is 10.6 Å². The van der Waals surface area contributed by atoms with Crippen LogP contribution in [0.4, 0.5) is 0 Å². The van der Waals surface area contributed by atoms with Crippen molar-refractivity contribution in [3.05, 3.63) is 0 Å². The highest BCUT2D eigenvalue weighted by molar-refractivity contribution is 14.0. The molecule has 5 heteroatoms. The van der Waals surface area contributed by atoms with Crippen LogP contribution in [0.5, 0.6) is 0 Å². The van der Waals surface area contributed by atoms with Crippen LogP contribution in [0, 0.1) is 5.92 Å². The van der Waals surface area contributed by atoms with Gasteiger partial charge in [0.25, 0.3) is 0 Å². The average Bonchev–Trinajstić information content (AvgIpc) is 3.00. The Morgan fingerprint density at radius 3 is 2.72 bits per heavy atom. The lowest BCUT2D eigenvalue weighted by Crippen LogP contribution is -2.38. The molecule has 0 aromatic carbocycles. The van der Waals surface area contributed by atoms with Crippen molar-refractivity contribution in [3.63, 3.8) is 0 Å². The van der Waals surface area contributed by atoms with Crippen LogP contribution in [0.1, 0.15) is 39.0 Å². The Bertz CT molecular complexity index is 251. The number of guanidine groups is 1. The second kappa shape index (κ2) is 9.28. The van der Waals surface area contributed by atoms with E-state index in [2.05, 4.69) is 34.3 Å². The van der Waals surface area contributed by atoms with Gasteiger partial charge in [0.05, 0.1) is 6.54 Å². The van der Waals surface area contributed by atoms with Gasteiger partial charge in [-0.15, -0.1) is 24.0 Å². The van der Waals surface area contributed by atoms with E-state index in [9.17, 15) is 0 Å². The van der Waals surface area contributed by atoms with E-state index in [4.69, 9.17) is 0 Å². The summed E-state index contributed by atoms with van der Waals surface area (Å²) < 4.78 is 0. The molecule has 1 unspecified atom stereocenters. The molecule has 0 aromatic rings. The van der Waals surface area contributed by atoms with Gasteiger partial charge in [-0.3, -0.25) is 4.99 Å². The lowest BCUT2D eigenvalue weighted by Gasteiger charge is -2.12. The monoisotopic (exact) mass is 383 g/mol. The van der Waals surface area contributed by atoms with Crippen LogP contribution in [-0.2, 0) is 0 Å². The molecule has 1 saturated carbocycles. The molecule has 2 rings (SSSR count). The molecule has 2 N–H and O–H groups in total. The molecule has 2 fully saturated rings. The van der Waals surface area contributed by atoms with E-state index in [0.29, 0.717) is 0 Å². The fourth-order valence-electron chi connectivity index (χ4n) is 2.12. The molecule has 1 aliphatic carbocycles. The first-order valence-electron chi connectivity index (χ1n) is 7.02. The number of thioether (sulfide) groups is 1. The fourth-order valence-corrected chi connectivity index (χ4v) is 3.30. The van der Waals surface area contributed by atoms with Crippen molar-refractivity contribution in [2.75, 3.05) is 25.4 Å². The third-order valence-electron chi connectivity index (χ3n) is 3.36. The molecule has 3 nitrogen and oxygen atoms in total. The molecular weight excluding hydrogens is 357 g/mol. The minimum absolute atomic E-state index is 0. The van der Waals surface area contributed by atoms with Crippen LogP contribution >= 0.6 is 35.7 Å². The van der Waals surface area contributed by atoms with Gasteiger partial charge in [-0.05, 0) is 37.9 Å². The van der Waals surface area contributed by atoms with Gasteiger partial charge in [0, 0.05) is 18.3 Å². The summed E-state index contributed by atoms with van der Waals surface area (Å²) in [6.07, 6.45) is 6.90. The Morgan fingerprint density at radius 1 is 1.28 bits per heavy atom. The van der Waals surface area contributed by atoms with Crippen LogP contribution in [0.15, 0.2) is 4.99 Å². The van der Waals surface area contributed by atoms with Crippen molar-refractivity contribution in [3.8, 4) is 0 Å². The molecule has 0 radical (unpaired) electrons. The largest absolute Gasteiger partial charge is 0.357 e. The number of nitrogens with one attached hydrogen (secondary N) is 2. The van der Waals surface area contributed by atoms with Crippen LogP contribution in [0.25, 0.3) is 0 Å². The Hall–Kier alpha value is 0.350. The molecule has 106 valence electrons. The molecule has 18 heavy (non-hydrogen) atoms. The Labute approximate surface area is 132 Å². The third-order valence-corrected chi connectivity index (χ3v) is 4.74. The van der Waals surface area contributed by atoms with Crippen molar-refractivity contribution in [1.82, 2.24) is 10.6 Å². The van der Waals surface area contributed by atoms with Crippen molar-refractivity contribution in [2.24, 2.45) is 10.9 Å². The zero-order valence-corrected chi connectivity index (χ0v) is 14.4. The maximum Gasteiger partial charge on any atom is 0.191 e. The van der Waals surface area contributed by atoms with E-state index in [0.717, 1.165) is 36.8 Å². The smallest absolute Gasteiger partial charge is 0.191 e. The highest BCUT2D eigenvalue weighted by Gasteiger charge is 2.20. The highest BCUT2D eigenvalue weighted by atomic mass is 127. The molecule has 1 heterocycles. The van der Waals surface area contributed by atoms with Crippen LogP contribution in [0.2, 0.25) is 0 Å². The summed E-state index contributed by atoms with van der Waals surface area (Å²) in [7, 11) is 0. The summed E-state index contributed by atoms with van der Waals surface area (Å²) in [5.41, 5.74) is 0. The predicted molar refractivity (Wildman–Crippen MR) is 92.2 cm³/mol. The number of aliphatic imine (C=N–C) groups is 1. The predicted octanol–water partition coefficient (Wildman–Crippen LogP) is 2.86. The minimum atomic E-state index is 0. The number of nitrogens with zero attached hydrogens (tertiary/aromatic N) is 1. The van der Waals surface area contributed by atoms with Crippen LogP contribution in [-0.4, -0.2) is 36.6 Å². The number of halogens is 1. The van der Waals surface area contributed by atoms with Crippen molar-refractivity contribution < 1.29 is 0 Å². The number of hydrogen-bond acceptors (Lipinski definition) is 2. The Morgan fingerprint density at radius 2 is 2.11 bits per heavy atom. The van der Waals surface area contributed by atoms with Gasteiger partial charge in [-0.2, -0.15) is 11.8 Å². The summed E-state index contributed by atoms with van der Waals surface area (Å²) in [6.45, 7) is 5.13. The SMILES string of the molecule is CCNC(=NCC1CCCS1)NCCC1CC1.I. The first-order chi connectivity index (χ1) is 8.38. The van der Waals surface area contributed by atoms with Gasteiger partial charge in [-0.25, -0.2) is 0 Å². The fraction of sp³-hybridized carbons (Fsp3) is 0.923. The van der Waals surface area contributed by atoms with E-state index in [1.165, 1.54) is 37.9 Å². The molecule has 0 bridgehead atoms. The van der Waals surface area contributed by atoms with E-state index in [1.54, 1.807) is 0 Å². The second-order valence-electron chi connectivity index (χ2n) is 5.01. The number of rotatable bonds is 6. The third kappa shape index (κ3) is 6.50. The summed E-state index contributed by atoms with van der Waals surface area (Å²) in [6, 6.07) is 0. The summed E-state index contributed by atoms with van der Waals surface area (Å²) in [5.74, 6) is 3.34. The quantitative estimate of drug-likeness (QED) is 0.421. The summed E-state index contributed by atoms with van der Waals surface area (Å²) in [4.78, 5) is 4.69. The molecule has 1 atom stereocenters. The van der Waals surface area contributed by atoms with Gasteiger partial charge >= 0.3 is 0 Å². The zero-order chi connectivity index (χ0) is 11.9. The highest BCUT2D eigenvalue weighted by Crippen LogP contribution is 2.31. The Balaban J connectivity index is 0.00000162. The first-order valence-corrected chi connectivity index (χ1v) is 8.07. The van der Waals surface area contributed by atoms with Crippen molar-refractivity contribution >= 4 is 41.7 Å².